The lowest BCUT2D eigenvalue weighted by atomic mass is 10.3. The predicted molar refractivity (Wildman–Crippen MR) is 163 cm³/mol. The molecule has 0 aliphatic heterocycles. The monoisotopic (exact) mass is 601 g/mol. The SMILES string of the molecule is COC(=O)c1cc(N(COCC[Si](C)(C)C)c2nccn3c(-c4cnn(COCC[Si](C)(C)C)c4)cnc23)sn1. The van der Waals surface area contributed by atoms with E-state index in [4.69, 9.17) is 19.2 Å². The van der Waals surface area contributed by atoms with E-state index >= 15 is 0 Å². The molecule has 0 aromatic carbocycles. The lowest BCUT2D eigenvalue weighted by molar-refractivity contribution is 0.0595. The van der Waals surface area contributed by atoms with Crippen molar-refractivity contribution >= 4 is 50.1 Å². The summed E-state index contributed by atoms with van der Waals surface area (Å²) in [5.41, 5.74) is 2.69. The minimum absolute atomic E-state index is 0.241. The Morgan fingerprint density at radius 2 is 1.75 bits per heavy atom. The Labute approximate surface area is 241 Å². The Morgan fingerprint density at radius 1 is 1.02 bits per heavy atom. The van der Waals surface area contributed by atoms with Gasteiger partial charge in [-0.05, 0) is 23.6 Å². The maximum Gasteiger partial charge on any atom is 0.357 e. The van der Waals surface area contributed by atoms with Crippen molar-refractivity contribution in [3.8, 4) is 11.3 Å². The quantitative estimate of drug-likeness (QED) is 0.0790. The molecule has 11 nitrogen and oxygen atoms in total. The zero-order valence-electron chi connectivity index (χ0n) is 24.4. The third-order valence-electron chi connectivity index (χ3n) is 6.19. The van der Waals surface area contributed by atoms with E-state index in [0.717, 1.165) is 30.0 Å². The van der Waals surface area contributed by atoms with Crippen LogP contribution in [0.1, 0.15) is 10.5 Å². The number of ether oxygens (including phenoxy) is 3. The predicted octanol–water partition coefficient (Wildman–Crippen LogP) is 5.60. The van der Waals surface area contributed by atoms with Gasteiger partial charge in [0, 0.05) is 59.6 Å². The lowest BCUT2D eigenvalue weighted by Gasteiger charge is -2.23. The van der Waals surface area contributed by atoms with Crippen molar-refractivity contribution in [1.29, 1.82) is 0 Å². The highest BCUT2D eigenvalue weighted by molar-refractivity contribution is 7.10. The standard InChI is InChI=1S/C26H39N7O4SSi2/c1-35-26(34)21-14-23(38-30-21)33(19-37-11-13-40(5,6)7)24-25-28-16-22(32(25)9-8-27-24)20-15-29-31(17-20)18-36-10-12-39(2,3)4/h8-9,14-17H,10-13,18-19H2,1-7H3. The number of fused-ring (bicyclic) bond motifs is 1. The second-order valence-corrected chi connectivity index (χ2v) is 24.0. The third-order valence-corrected chi connectivity index (χ3v) is 10.4. The lowest BCUT2D eigenvalue weighted by Crippen LogP contribution is -2.26. The number of carbonyl (C=O) groups excluding carboxylic acids is 1. The van der Waals surface area contributed by atoms with Gasteiger partial charge in [0.1, 0.15) is 18.5 Å². The minimum Gasteiger partial charge on any atom is -0.464 e. The van der Waals surface area contributed by atoms with Crippen LogP contribution in [0, 0.1) is 0 Å². The molecule has 0 spiro atoms. The molecular formula is C26H39N7O4SSi2. The number of nitrogens with zero attached hydrogens (tertiary/aromatic N) is 7. The van der Waals surface area contributed by atoms with Gasteiger partial charge in [0.15, 0.2) is 17.2 Å². The van der Waals surface area contributed by atoms with Crippen LogP contribution in [0.15, 0.2) is 37.1 Å². The average molecular weight is 602 g/mol. The van der Waals surface area contributed by atoms with Gasteiger partial charge in [-0.2, -0.15) is 9.47 Å². The number of hydrogen-bond acceptors (Lipinski definition) is 10. The Balaban J connectivity index is 1.59. The number of aromatic nitrogens is 6. The van der Waals surface area contributed by atoms with Crippen molar-refractivity contribution in [2.24, 2.45) is 0 Å². The van der Waals surface area contributed by atoms with E-state index in [-0.39, 0.29) is 12.4 Å². The molecule has 40 heavy (non-hydrogen) atoms. The fourth-order valence-electron chi connectivity index (χ4n) is 3.77. The van der Waals surface area contributed by atoms with E-state index < -0.39 is 22.1 Å². The molecule has 0 aliphatic rings. The largest absolute Gasteiger partial charge is 0.464 e. The zero-order valence-corrected chi connectivity index (χ0v) is 27.2. The Bertz CT molecular complexity index is 1420. The molecule has 0 fully saturated rings. The van der Waals surface area contributed by atoms with Crippen LogP contribution in [0.3, 0.4) is 0 Å². The molecule has 4 rings (SSSR count). The number of carbonyl (C=O) groups is 1. The van der Waals surface area contributed by atoms with Crippen LogP contribution >= 0.6 is 11.5 Å². The van der Waals surface area contributed by atoms with Gasteiger partial charge in [-0.25, -0.2) is 19.4 Å². The van der Waals surface area contributed by atoms with Gasteiger partial charge in [-0.15, -0.1) is 0 Å². The maximum absolute atomic E-state index is 12.1. The van der Waals surface area contributed by atoms with E-state index in [9.17, 15) is 4.79 Å². The molecule has 0 atom stereocenters. The molecule has 4 aromatic heterocycles. The second kappa shape index (κ2) is 12.7. The van der Waals surface area contributed by atoms with Crippen molar-refractivity contribution in [1.82, 2.24) is 28.5 Å². The van der Waals surface area contributed by atoms with Gasteiger partial charge in [-0.3, -0.25) is 9.30 Å². The van der Waals surface area contributed by atoms with Crippen molar-refractivity contribution in [3.63, 3.8) is 0 Å². The van der Waals surface area contributed by atoms with Gasteiger partial charge in [-0.1, -0.05) is 39.3 Å². The highest BCUT2D eigenvalue weighted by atomic mass is 32.1. The molecule has 4 heterocycles. The van der Waals surface area contributed by atoms with Crippen molar-refractivity contribution in [2.45, 2.75) is 58.1 Å². The molecule has 14 heteroatoms. The molecule has 0 unspecified atom stereocenters. The van der Waals surface area contributed by atoms with Crippen LogP contribution in [0.25, 0.3) is 16.9 Å². The molecule has 216 valence electrons. The first-order valence-corrected chi connectivity index (χ1v) is 21.5. The molecule has 0 aliphatic carbocycles. The maximum atomic E-state index is 12.1. The van der Waals surface area contributed by atoms with Gasteiger partial charge in [0.25, 0.3) is 0 Å². The summed E-state index contributed by atoms with van der Waals surface area (Å²) in [6.07, 6.45) is 9.19. The molecule has 0 radical (unpaired) electrons. The van der Waals surface area contributed by atoms with Crippen molar-refractivity contribution in [3.05, 3.63) is 42.7 Å². The van der Waals surface area contributed by atoms with Gasteiger partial charge in [0.05, 0.1) is 25.2 Å². The zero-order chi connectivity index (χ0) is 28.9. The summed E-state index contributed by atoms with van der Waals surface area (Å²) in [7, 11) is -1.06. The Morgan fingerprint density at radius 3 is 2.45 bits per heavy atom. The van der Waals surface area contributed by atoms with Crippen LogP contribution in [-0.2, 0) is 20.9 Å². The molecule has 0 amide bonds. The number of imidazole rings is 1. The molecule has 0 N–H and O–H groups in total. The first-order valence-electron chi connectivity index (χ1n) is 13.3. The second-order valence-electron chi connectivity index (χ2n) is 12.0. The Hall–Kier alpha value is -2.92. The van der Waals surface area contributed by atoms with E-state index in [2.05, 4.69) is 53.7 Å². The normalized spacial score (nSPS) is 12.3. The number of rotatable bonds is 14. The molecular weight excluding hydrogens is 563 g/mol. The topological polar surface area (TPSA) is 109 Å². The molecule has 4 aromatic rings. The number of anilines is 2. The number of hydrogen-bond donors (Lipinski definition) is 0. The highest BCUT2D eigenvalue weighted by Crippen LogP contribution is 2.32. The van der Waals surface area contributed by atoms with Gasteiger partial charge in [0.2, 0.25) is 0 Å². The van der Waals surface area contributed by atoms with E-state index in [1.54, 1.807) is 16.9 Å². The summed E-state index contributed by atoms with van der Waals surface area (Å²) in [4.78, 5) is 23.4. The van der Waals surface area contributed by atoms with Crippen LogP contribution in [0.5, 0.6) is 0 Å². The fraction of sp³-hybridized carbons (Fsp3) is 0.500. The van der Waals surface area contributed by atoms with Gasteiger partial charge >= 0.3 is 5.97 Å². The van der Waals surface area contributed by atoms with Gasteiger partial charge < -0.3 is 14.2 Å². The smallest absolute Gasteiger partial charge is 0.357 e. The Kier molecular flexibility index (Phi) is 9.56. The third kappa shape index (κ3) is 7.84. The summed E-state index contributed by atoms with van der Waals surface area (Å²) in [6, 6.07) is 3.84. The first kappa shape index (κ1) is 30.1. The summed E-state index contributed by atoms with van der Waals surface area (Å²) >= 11 is 1.19. The summed E-state index contributed by atoms with van der Waals surface area (Å²) in [6.45, 7) is 16.0. The first-order chi connectivity index (χ1) is 18.9. The number of esters is 1. The van der Waals surface area contributed by atoms with Crippen molar-refractivity contribution < 1.29 is 19.0 Å². The van der Waals surface area contributed by atoms with Crippen LogP contribution in [-0.4, -0.2) is 77.7 Å². The highest BCUT2D eigenvalue weighted by Gasteiger charge is 2.23. The number of methoxy groups -OCH3 is 1. The summed E-state index contributed by atoms with van der Waals surface area (Å²) < 4.78 is 24.9. The average Bonchev–Trinajstić information content (AvgIpc) is 3.64. The minimum atomic E-state index is -1.26. The van der Waals surface area contributed by atoms with Crippen LogP contribution in [0.2, 0.25) is 51.4 Å². The van der Waals surface area contributed by atoms with E-state index in [0.29, 0.717) is 29.8 Å². The molecule has 0 bridgehead atoms. The van der Waals surface area contributed by atoms with Crippen molar-refractivity contribution in [2.75, 3.05) is 32.0 Å². The van der Waals surface area contributed by atoms with E-state index in [1.165, 1.54) is 18.6 Å². The summed E-state index contributed by atoms with van der Waals surface area (Å²) in [5.74, 6) is 0.113. The van der Waals surface area contributed by atoms with Crippen LogP contribution < -0.4 is 4.90 Å². The fourth-order valence-corrected chi connectivity index (χ4v) is 6.00. The van der Waals surface area contributed by atoms with Crippen LogP contribution in [0.4, 0.5) is 10.8 Å². The molecule has 0 saturated heterocycles. The summed E-state index contributed by atoms with van der Waals surface area (Å²) in [5, 5.41) is 5.19. The van der Waals surface area contributed by atoms with E-state index in [1.807, 2.05) is 34.1 Å². The molecule has 0 saturated carbocycles.